The Morgan fingerprint density at radius 1 is 1.32 bits per heavy atom. The Bertz CT molecular complexity index is 430. The zero-order valence-corrected chi connectivity index (χ0v) is 12.1. The normalized spacial score (nSPS) is 27.1. The Morgan fingerprint density at radius 2 is 2.11 bits per heavy atom. The van der Waals surface area contributed by atoms with Crippen LogP contribution in [0.15, 0.2) is 18.2 Å². The molecule has 1 aromatic carbocycles. The molecule has 106 valence electrons. The van der Waals surface area contributed by atoms with Gasteiger partial charge < -0.3 is 14.6 Å². The molecule has 0 amide bonds. The number of benzene rings is 1. The van der Waals surface area contributed by atoms with Crippen LogP contribution in [0.4, 0.5) is 0 Å². The van der Waals surface area contributed by atoms with Gasteiger partial charge in [-0.05, 0) is 37.3 Å². The molecular formula is C16H24O3. The molecule has 0 heterocycles. The third kappa shape index (κ3) is 2.86. The monoisotopic (exact) mass is 264 g/mol. The lowest BCUT2D eigenvalue weighted by Gasteiger charge is -2.37. The Labute approximate surface area is 115 Å². The lowest BCUT2D eigenvalue weighted by atomic mass is 9.73. The van der Waals surface area contributed by atoms with Gasteiger partial charge in [-0.15, -0.1) is 0 Å². The largest absolute Gasteiger partial charge is 0.497 e. The third-order valence-corrected chi connectivity index (χ3v) is 4.32. The van der Waals surface area contributed by atoms with E-state index in [4.69, 9.17) is 9.47 Å². The number of ether oxygens (including phenoxy) is 2. The molecule has 1 N–H and O–H groups in total. The van der Waals surface area contributed by atoms with Crippen LogP contribution in [0, 0.1) is 5.92 Å². The molecule has 1 aliphatic rings. The predicted molar refractivity (Wildman–Crippen MR) is 75.7 cm³/mol. The van der Waals surface area contributed by atoms with E-state index in [0.717, 1.165) is 42.7 Å². The van der Waals surface area contributed by atoms with E-state index in [1.807, 2.05) is 18.2 Å². The first-order valence-electron chi connectivity index (χ1n) is 7.08. The van der Waals surface area contributed by atoms with Crippen molar-refractivity contribution in [2.45, 2.75) is 44.6 Å². The second-order valence-electron chi connectivity index (χ2n) is 5.47. The van der Waals surface area contributed by atoms with Crippen molar-refractivity contribution in [1.82, 2.24) is 0 Å². The molecule has 0 spiro atoms. The highest BCUT2D eigenvalue weighted by molar-refractivity contribution is 5.44. The molecule has 3 nitrogen and oxygen atoms in total. The highest BCUT2D eigenvalue weighted by Gasteiger charge is 2.37. The summed E-state index contributed by atoms with van der Waals surface area (Å²) in [6.45, 7) is 2.20. The van der Waals surface area contributed by atoms with Gasteiger partial charge in [0.15, 0.2) is 0 Å². The van der Waals surface area contributed by atoms with E-state index >= 15 is 0 Å². The summed E-state index contributed by atoms with van der Waals surface area (Å²) in [6.07, 6.45) is 5.06. The van der Waals surface area contributed by atoms with Gasteiger partial charge in [0.25, 0.3) is 0 Å². The van der Waals surface area contributed by atoms with Crippen LogP contribution in [0.1, 0.15) is 44.6 Å². The maximum Gasteiger partial charge on any atom is 0.128 e. The highest BCUT2D eigenvalue weighted by Crippen LogP contribution is 2.44. The lowest BCUT2D eigenvalue weighted by molar-refractivity contribution is -0.0234. The second-order valence-corrected chi connectivity index (χ2v) is 5.47. The van der Waals surface area contributed by atoms with Crippen molar-refractivity contribution < 1.29 is 14.6 Å². The van der Waals surface area contributed by atoms with Crippen LogP contribution in [0.5, 0.6) is 11.5 Å². The Morgan fingerprint density at radius 3 is 2.74 bits per heavy atom. The molecule has 2 atom stereocenters. The molecule has 2 unspecified atom stereocenters. The zero-order chi connectivity index (χ0) is 13.9. The Hall–Kier alpha value is -1.22. The molecule has 3 heteroatoms. The summed E-state index contributed by atoms with van der Waals surface area (Å²) in [5.41, 5.74) is 0.144. The second kappa shape index (κ2) is 5.83. The van der Waals surface area contributed by atoms with Gasteiger partial charge >= 0.3 is 0 Å². The van der Waals surface area contributed by atoms with Crippen LogP contribution >= 0.6 is 0 Å². The molecular weight excluding hydrogens is 240 g/mol. The van der Waals surface area contributed by atoms with Gasteiger partial charge in [0.2, 0.25) is 0 Å². The van der Waals surface area contributed by atoms with E-state index in [1.165, 1.54) is 6.42 Å². The van der Waals surface area contributed by atoms with Crippen LogP contribution in [0.3, 0.4) is 0 Å². The van der Waals surface area contributed by atoms with Gasteiger partial charge in [-0.3, -0.25) is 0 Å². The third-order valence-electron chi connectivity index (χ3n) is 4.32. The van der Waals surface area contributed by atoms with Crippen molar-refractivity contribution in [2.75, 3.05) is 14.2 Å². The molecule has 0 saturated heterocycles. The number of hydrogen-bond acceptors (Lipinski definition) is 3. The van der Waals surface area contributed by atoms with Crippen molar-refractivity contribution in [3.63, 3.8) is 0 Å². The number of methoxy groups -OCH3 is 2. The van der Waals surface area contributed by atoms with E-state index in [-0.39, 0.29) is 0 Å². The zero-order valence-electron chi connectivity index (χ0n) is 12.1. The summed E-state index contributed by atoms with van der Waals surface area (Å²) in [6, 6.07) is 5.68. The molecule has 1 aliphatic carbocycles. The molecule has 0 aliphatic heterocycles. The summed E-state index contributed by atoms with van der Waals surface area (Å²) in [4.78, 5) is 0. The van der Waals surface area contributed by atoms with Gasteiger partial charge in [0, 0.05) is 11.6 Å². The van der Waals surface area contributed by atoms with E-state index < -0.39 is 5.60 Å². The van der Waals surface area contributed by atoms with Crippen molar-refractivity contribution in [2.24, 2.45) is 5.92 Å². The Balaban J connectivity index is 2.33. The summed E-state index contributed by atoms with van der Waals surface area (Å²) >= 11 is 0. The average molecular weight is 264 g/mol. The van der Waals surface area contributed by atoms with E-state index in [1.54, 1.807) is 14.2 Å². The number of rotatable bonds is 4. The summed E-state index contributed by atoms with van der Waals surface area (Å²) in [5, 5.41) is 11.0. The summed E-state index contributed by atoms with van der Waals surface area (Å²) in [5.74, 6) is 2.08. The minimum atomic E-state index is -0.753. The van der Waals surface area contributed by atoms with Crippen LogP contribution in [-0.2, 0) is 5.60 Å². The quantitative estimate of drug-likeness (QED) is 0.904. The van der Waals surface area contributed by atoms with E-state index in [0.29, 0.717) is 5.92 Å². The van der Waals surface area contributed by atoms with Crippen molar-refractivity contribution in [1.29, 1.82) is 0 Å². The molecule has 1 fully saturated rings. The predicted octanol–water partition coefficient (Wildman–Crippen LogP) is 3.49. The van der Waals surface area contributed by atoms with Gasteiger partial charge in [-0.1, -0.05) is 19.8 Å². The minimum Gasteiger partial charge on any atom is -0.497 e. The molecule has 19 heavy (non-hydrogen) atoms. The Kier molecular flexibility index (Phi) is 4.35. The van der Waals surface area contributed by atoms with Crippen molar-refractivity contribution in [3.05, 3.63) is 23.8 Å². The SMILES string of the molecule is CCC1CCCC(O)(c2ccc(OC)cc2OC)C1. The van der Waals surface area contributed by atoms with Crippen LogP contribution in [0.25, 0.3) is 0 Å². The first kappa shape index (κ1) is 14.2. The average Bonchev–Trinajstić information content (AvgIpc) is 2.46. The maximum atomic E-state index is 11.0. The molecule has 1 aromatic rings. The van der Waals surface area contributed by atoms with Gasteiger partial charge in [-0.25, -0.2) is 0 Å². The fourth-order valence-corrected chi connectivity index (χ4v) is 3.14. The molecule has 1 saturated carbocycles. The summed E-state index contributed by atoms with van der Waals surface area (Å²) < 4.78 is 10.6. The molecule has 0 aromatic heterocycles. The lowest BCUT2D eigenvalue weighted by Crippen LogP contribution is -2.33. The number of aliphatic hydroxyl groups is 1. The summed E-state index contributed by atoms with van der Waals surface area (Å²) in [7, 11) is 3.28. The first-order valence-corrected chi connectivity index (χ1v) is 7.08. The van der Waals surface area contributed by atoms with E-state index in [2.05, 4.69) is 6.92 Å². The smallest absolute Gasteiger partial charge is 0.128 e. The fraction of sp³-hybridized carbons (Fsp3) is 0.625. The van der Waals surface area contributed by atoms with Crippen molar-refractivity contribution >= 4 is 0 Å². The van der Waals surface area contributed by atoms with Crippen LogP contribution in [-0.4, -0.2) is 19.3 Å². The number of hydrogen-bond donors (Lipinski definition) is 1. The molecule has 0 bridgehead atoms. The van der Waals surface area contributed by atoms with Crippen LogP contribution < -0.4 is 9.47 Å². The van der Waals surface area contributed by atoms with Gasteiger partial charge in [0.1, 0.15) is 11.5 Å². The first-order chi connectivity index (χ1) is 9.12. The molecule has 2 rings (SSSR count). The van der Waals surface area contributed by atoms with Crippen molar-refractivity contribution in [3.8, 4) is 11.5 Å². The van der Waals surface area contributed by atoms with E-state index in [9.17, 15) is 5.11 Å². The van der Waals surface area contributed by atoms with Gasteiger partial charge in [0.05, 0.1) is 19.8 Å². The van der Waals surface area contributed by atoms with Crippen LogP contribution in [0.2, 0.25) is 0 Å². The maximum absolute atomic E-state index is 11.0. The highest BCUT2D eigenvalue weighted by atomic mass is 16.5. The minimum absolute atomic E-state index is 0.602. The molecule has 0 radical (unpaired) electrons. The topological polar surface area (TPSA) is 38.7 Å². The standard InChI is InChI=1S/C16H24O3/c1-4-12-6-5-9-16(17,11-12)14-8-7-13(18-2)10-15(14)19-3/h7-8,10,12,17H,4-6,9,11H2,1-3H3. The van der Waals surface area contributed by atoms with Gasteiger partial charge in [-0.2, -0.15) is 0 Å². The fourth-order valence-electron chi connectivity index (χ4n) is 3.14.